The lowest BCUT2D eigenvalue weighted by Crippen LogP contribution is -2.08. The number of hydrogen-bond acceptors (Lipinski definition) is 7. The van der Waals surface area contributed by atoms with E-state index in [1.54, 1.807) is 18.3 Å². The smallest absolute Gasteiger partial charge is 0.360 e. The quantitative estimate of drug-likeness (QED) is 0.690. The molecule has 0 radical (unpaired) electrons. The van der Waals surface area contributed by atoms with Gasteiger partial charge < -0.3 is 4.74 Å². The van der Waals surface area contributed by atoms with Crippen molar-refractivity contribution < 1.29 is 9.53 Å². The van der Waals surface area contributed by atoms with Gasteiger partial charge in [0.05, 0.1) is 6.61 Å². The molecule has 0 bridgehead atoms. The number of thiophene rings is 1. The predicted molar refractivity (Wildman–Crippen MR) is 78.7 cm³/mol. The monoisotopic (exact) mass is 318 g/mol. The maximum atomic E-state index is 11.8. The Morgan fingerprint density at radius 3 is 3.10 bits per heavy atom. The number of rotatable bonds is 4. The first kappa shape index (κ1) is 13.7. The summed E-state index contributed by atoms with van der Waals surface area (Å²) in [7, 11) is 0. The van der Waals surface area contributed by atoms with Crippen molar-refractivity contribution in [3.8, 4) is 6.07 Å². The molecule has 0 atom stereocenters. The van der Waals surface area contributed by atoms with Crippen LogP contribution in [0.2, 0.25) is 0 Å². The fraction of sp³-hybridized carbons (Fsp3) is 0.231. The maximum Gasteiger partial charge on any atom is 0.360 e. The predicted octanol–water partition coefficient (Wildman–Crippen LogP) is 2.49. The molecule has 6 nitrogen and oxygen atoms in total. The summed E-state index contributed by atoms with van der Waals surface area (Å²) < 4.78 is 6.31. The molecule has 3 rings (SSSR count). The van der Waals surface area contributed by atoms with E-state index in [0.717, 1.165) is 5.01 Å². The number of esters is 1. The molecule has 0 amide bonds. The Labute approximate surface area is 128 Å². The van der Waals surface area contributed by atoms with Gasteiger partial charge in [-0.05, 0) is 18.4 Å². The molecule has 0 N–H and O–H groups in total. The lowest BCUT2D eigenvalue weighted by atomic mass is 10.3. The minimum Gasteiger partial charge on any atom is -0.461 e. The molecule has 21 heavy (non-hydrogen) atoms. The van der Waals surface area contributed by atoms with Crippen LogP contribution in [0.4, 0.5) is 0 Å². The second-order valence-electron chi connectivity index (χ2n) is 4.09. The number of nitriles is 1. The lowest BCUT2D eigenvalue weighted by molar-refractivity contribution is 0.0520. The molecule has 3 heterocycles. The topological polar surface area (TPSA) is 80.3 Å². The molecule has 0 aliphatic heterocycles. The largest absolute Gasteiger partial charge is 0.461 e. The summed E-state index contributed by atoms with van der Waals surface area (Å²) in [6, 6.07) is 5.99. The number of imidazole rings is 1. The second-order valence-corrected chi connectivity index (χ2v) is 6.16. The molecule has 106 valence electrons. The first-order valence-corrected chi connectivity index (χ1v) is 7.90. The first-order chi connectivity index (χ1) is 10.2. The molecular formula is C13H10N4O2S2. The summed E-state index contributed by atoms with van der Waals surface area (Å²) in [5.74, 6) is -0.591. The zero-order valence-corrected chi connectivity index (χ0v) is 12.7. The molecule has 3 aromatic rings. The van der Waals surface area contributed by atoms with Gasteiger partial charge >= 0.3 is 5.97 Å². The van der Waals surface area contributed by atoms with Gasteiger partial charge in [0.25, 0.3) is 0 Å². The van der Waals surface area contributed by atoms with E-state index in [1.807, 2.05) is 23.6 Å². The number of ether oxygens (including phenoxy) is 1. The number of carbonyl (C=O) groups excluding carboxylic acids is 1. The molecule has 0 fully saturated rings. The van der Waals surface area contributed by atoms with Crippen LogP contribution in [0.15, 0.2) is 17.5 Å². The summed E-state index contributed by atoms with van der Waals surface area (Å²) in [5.41, 5.74) is 0.151. The fourth-order valence-corrected chi connectivity index (χ4v) is 3.58. The Kier molecular flexibility index (Phi) is 3.68. The number of hydrogen-bond donors (Lipinski definition) is 0. The van der Waals surface area contributed by atoms with Crippen molar-refractivity contribution in [2.45, 2.75) is 13.3 Å². The molecule has 8 heteroatoms. The number of aromatic nitrogens is 3. The van der Waals surface area contributed by atoms with Crippen LogP contribution in [0.25, 0.3) is 4.96 Å². The highest BCUT2D eigenvalue weighted by Gasteiger charge is 2.22. The van der Waals surface area contributed by atoms with Gasteiger partial charge in [0.15, 0.2) is 11.4 Å². The highest BCUT2D eigenvalue weighted by Crippen LogP contribution is 2.22. The highest BCUT2D eigenvalue weighted by atomic mass is 32.1. The van der Waals surface area contributed by atoms with Gasteiger partial charge in [0.2, 0.25) is 4.96 Å². The molecule has 0 aromatic carbocycles. The Morgan fingerprint density at radius 2 is 2.43 bits per heavy atom. The molecule has 0 aliphatic rings. The van der Waals surface area contributed by atoms with E-state index in [4.69, 9.17) is 4.74 Å². The summed E-state index contributed by atoms with van der Waals surface area (Å²) in [5, 5.41) is 16.5. The lowest BCUT2D eigenvalue weighted by Gasteiger charge is -1.97. The van der Waals surface area contributed by atoms with Crippen LogP contribution in [0, 0.1) is 11.3 Å². The van der Waals surface area contributed by atoms with E-state index in [9.17, 15) is 10.1 Å². The first-order valence-electron chi connectivity index (χ1n) is 6.21. The van der Waals surface area contributed by atoms with Gasteiger partial charge in [-0.1, -0.05) is 17.4 Å². The van der Waals surface area contributed by atoms with Crippen molar-refractivity contribution in [2.75, 3.05) is 6.61 Å². The molecule has 0 saturated carbocycles. The summed E-state index contributed by atoms with van der Waals surface area (Å²) in [4.78, 5) is 17.7. The average Bonchev–Trinajstić information content (AvgIpc) is 3.14. The summed E-state index contributed by atoms with van der Waals surface area (Å²) in [6.45, 7) is 1.95. The minimum atomic E-state index is -0.591. The molecule has 0 aliphatic carbocycles. The molecule has 0 saturated heterocycles. The van der Waals surface area contributed by atoms with Gasteiger partial charge in [0.1, 0.15) is 11.1 Å². The van der Waals surface area contributed by atoms with Crippen LogP contribution in [0.3, 0.4) is 0 Å². The number of fused-ring (bicyclic) bond motifs is 1. The zero-order chi connectivity index (χ0) is 14.8. The Hall–Kier alpha value is -2.24. The van der Waals surface area contributed by atoms with Gasteiger partial charge in [-0.3, -0.25) is 0 Å². The van der Waals surface area contributed by atoms with E-state index in [1.165, 1.54) is 20.7 Å². The normalized spacial score (nSPS) is 10.7. The SMILES string of the molecule is CCOC(=O)c1nc2sc(Cc3cccs3)nn2c1C#N. The summed E-state index contributed by atoms with van der Waals surface area (Å²) >= 11 is 3.02. The van der Waals surface area contributed by atoms with Gasteiger partial charge in [0, 0.05) is 11.3 Å². The van der Waals surface area contributed by atoms with Crippen LogP contribution in [0.5, 0.6) is 0 Å². The van der Waals surface area contributed by atoms with Crippen LogP contribution < -0.4 is 0 Å². The van der Waals surface area contributed by atoms with E-state index < -0.39 is 5.97 Å². The van der Waals surface area contributed by atoms with Crippen molar-refractivity contribution >= 4 is 33.6 Å². The number of nitrogens with zero attached hydrogens (tertiary/aromatic N) is 4. The van der Waals surface area contributed by atoms with Crippen LogP contribution in [0.1, 0.15) is 33.0 Å². The van der Waals surface area contributed by atoms with Gasteiger partial charge in [-0.2, -0.15) is 14.9 Å². The Morgan fingerprint density at radius 1 is 1.57 bits per heavy atom. The van der Waals surface area contributed by atoms with E-state index in [2.05, 4.69) is 10.1 Å². The Bertz CT molecular complexity index is 826. The molecule has 3 aromatic heterocycles. The van der Waals surface area contributed by atoms with E-state index in [0.29, 0.717) is 11.4 Å². The van der Waals surface area contributed by atoms with Crippen LogP contribution >= 0.6 is 22.7 Å². The third-order valence-electron chi connectivity index (χ3n) is 2.73. The van der Waals surface area contributed by atoms with Crippen molar-refractivity contribution in [1.82, 2.24) is 14.6 Å². The van der Waals surface area contributed by atoms with Crippen molar-refractivity contribution in [3.05, 3.63) is 38.8 Å². The number of carbonyl (C=O) groups is 1. The molecular weight excluding hydrogens is 308 g/mol. The zero-order valence-electron chi connectivity index (χ0n) is 11.1. The van der Waals surface area contributed by atoms with Gasteiger partial charge in [-0.15, -0.1) is 11.3 Å². The van der Waals surface area contributed by atoms with Crippen LogP contribution in [-0.2, 0) is 11.2 Å². The average molecular weight is 318 g/mol. The second kappa shape index (κ2) is 5.63. The van der Waals surface area contributed by atoms with E-state index >= 15 is 0 Å². The van der Waals surface area contributed by atoms with Crippen molar-refractivity contribution in [1.29, 1.82) is 5.26 Å². The standard InChI is InChI=1S/C13H10N4O2S2/c1-2-19-12(18)11-9(7-14)17-13(15-11)21-10(16-17)6-8-4-3-5-20-8/h3-5H,2,6H2,1H3. The Balaban J connectivity index is 1.98. The third kappa shape index (κ3) is 2.53. The van der Waals surface area contributed by atoms with Gasteiger partial charge in [-0.25, -0.2) is 9.78 Å². The van der Waals surface area contributed by atoms with Crippen LogP contribution in [-0.4, -0.2) is 27.2 Å². The fourth-order valence-electron chi connectivity index (χ4n) is 1.86. The van der Waals surface area contributed by atoms with E-state index in [-0.39, 0.29) is 18.0 Å². The van der Waals surface area contributed by atoms with Crippen molar-refractivity contribution in [2.24, 2.45) is 0 Å². The maximum absolute atomic E-state index is 11.8. The third-order valence-corrected chi connectivity index (χ3v) is 4.51. The van der Waals surface area contributed by atoms with Crippen molar-refractivity contribution in [3.63, 3.8) is 0 Å². The highest BCUT2D eigenvalue weighted by molar-refractivity contribution is 7.17. The molecule has 0 unspecified atom stereocenters. The summed E-state index contributed by atoms with van der Waals surface area (Å²) in [6.07, 6.45) is 0.700. The minimum absolute atomic E-state index is 0.0285. The molecule has 0 spiro atoms.